The highest BCUT2D eigenvalue weighted by Crippen LogP contribution is 2.23. The molecule has 1 atom stereocenters. The van der Waals surface area contributed by atoms with Crippen LogP contribution in [0.15, 0.2) is 12.4 Å². The van der Waals surface area contributed by atoms with Gasteiger partial charge in [0.1, 0.15) is 6.17 Å². The first-order valence-corrected chi connectivity index (χ1v) is 18.0. The van der Waals surface area contributed by atoms with E-state index < -0.39 is 0 Å². The number of rotatable bonds is 30. The quantitative estimate of drug-likeness (QED) is 0.0848. The standard InChI is InChI=1S/C36H72N2/c1-4-7-10-12-14-16-18-20-22-24-26-28-30-33-38-35-34-37(32-9-6-3)36(38)31-29-27-25-23-21-19-17-15-13-11-8-5-2/h34-36H,4-33H2,1-3H3. The third-order valence-electron chi connectivity index (χ3n) is 8.82. The smallest absolute Gasteiger partial charge is 0.101 e. The van der Waals surface area contributed by atoms with Crippen LogP contribution in [0.25, 0.3) is 0 Å². The van der Waals surface area contributed by atoms with Crippen molar-refractivity contribution in [2.24, 2.45) is 0 Å². The number of hydrogen-bond donors (Lipinski definition) is 0. The fraction of sp³-hybridized carbons (Fsp3) is 0.944. The van der Waals surface area contributed by atoms with E-state index in [1.165, 1.54) is 193 Å². The summed E-state index contributed by atoms with van der Waals surface area (Å²) in [5.74, 6) is 0. The van der Waals surface area contributed by atoms with Gasteiger partial charge >= 0.3 is 0 Å². The number of hydrogen-bond acceptors (Lipinski definition) is 2. The first-order valence-electron chi connectivity index (χ1n) is 18.0. The maximum absolute atomic E-state index is 2.69. The van der Waals surface area contributed by atoms with Gasteiger partial charge in [0.2, 0.25) is 0 Å². The molecule has 1 rings (SSSR count). The van der Waals surface area contributed by atoms with E-state index in [2.05, 4.69) is 43.0 Å². The minimum absolute atomic E-state index is 0.641. The second-order valence-electron chi connectivity index (χ2n) is 12.5. The minimum Gasteiger partial charge on any atom is -0.356 e. The molecule has 226 valence electrons. The molecule has 0 bridgehead atoms. The normalized spacial score (nSPS) is 15.3. The zero-order valence-corrected chi connectivity index (χ0v) is 26.8. The Labute approximate surface area is 241 Å². The lowest BCUT2D eigenvalue weighted by Gasteiger charge is -2.33. The highest BCUT2D eigenvalue weighted by molar-refractivity contribution is 4.96. The Morgan fingerprint density at radius 1 is 0.342 bits per heavy atom. The van der Waals surface area contributed by atoms with Gasteiger partial charge in [-0.1, -0.05) is 175 Å². The van der Waals surface area contributed by atoms with Crippen molar-refractivity contribution in [2.45, 2.75) is 207 Å². The SMILES string of the molecule is CCCCCCCCCCCCCCCN1C=CN(CCCC)C1CCCCCCCCCCCCCC. The average molecular weight is 533 g/mol. The summed E-state index contributed by atoms with van der Waals surface area (Å²) in [4.78, 5) is 5.34. The second kappa shape index (κ2) is 27.9. The van der Waals surface area contributed by atoms with E-state index in [1.54, 1.807) is 0 Å². The Balaban J connectivity index is 2.06. The molecule has 0 aromatic carbocycles. The van der Waals surface area contributed by atoms with Gasteiger partial charge < -0.3 is 9.80 Å². The third kappa shape index (κ3) is 20.3. The Morgan fingerprint density at radius 2 is 0.632 bits per heavy atom. The summed E-state index contributed by atoms with van der Waals surface area (Å²) < 4.78 is 0. The largest absolute Gasteiger partial charge is 0.356 e. The van der Waals surface area contributed by atoms with Gasteiger partial charge in [-0.3, -0.25) is 0 Å². The average Bonchev–Trinajstić information content (AvgIpc) is 3.31. The number of nitrogens with zero attached hydrogens (tertiary/aromatic N) is 2. The van der Waals surface area contributed by atoms with E-state index >= 15 is 0 Å². The molecule has 0 aromatic rings. The molecule has 0 amide bonds. The molecular weight excluding hydrogens is 460 g/mol. The van der Waals surface area contributed by atoms with E-state index in [-0.39, 0.29) is 0 Å². The highest BCUT2D eigenvalue weighted by atomic mass is 15.4. The fourth-order valence-corrected chi connectivity index (χ4v) is 6.16. The summed E-state index contributed by atoms with van der Waals surface area (Å²) in [6, 6.07) is 0. The molecule has 2 nitrogen and oxygen atoms in total. The van der Waals surface area contributed by atoms with Gasteiger partial charge in [0.25, 0.3) is 0 Å². The molecule has 1 aliphatic rings. The Morgan fingerprint density at radius 3 is 1.00 bits per heavy atom. The third-order valence-corrected chi connectivity index (χ3v) is 8.82. The summed E-state index contributed by atoms with van der Waals surface area (Å²) >= 11 is 0. The maximum atomic E-state index is 2.69. The van der Waals surface area contributed by atoms with E-state index in [4.69, 9.17) is 0 Å². The Kier molecular flexibility index (Phi) is 26.0. The highest BCUT2D eigenvalue weighted by Gasteiger charge is 2.24. The summed E-state index contributed by atoms with van der Waals surface area (Å²) in [6.45, 7) is 9.45. The van der Waals surface area contributed by atoms with E-state index in [9.17, 15) is 0 Å². The number of unbranched alkanes of at least 4 members (excludes halogenated alkanes) is 24. The minimum atomic E-state index is 0.641. The van der Waals surface area contributed by atoms with Crippen LogP contribution in [0.5, 0.6) is 0 Å². The molecule has 0 N–H and O–H groups in total. The lowest BCUT2D eigenvalue weighted by Crippen LogP contribution is -2.39. The summed E-state index contributed by atoms with van der Waals surface area (Å²) in [6.07, 6.45) is 45.5. The van der Waals surface area contributed by atoms with Gasteiger partial charge in [0.05, 0.1) is 0 Å². The van der Waals surface area contributed by atoms with Gasteiger partial charge in [-0.15, -0.1) is 0 Å². The van der Waals surface area contributed by atoms with Gasteiger partial charge in [0, 0.05) is 25.5 Å². The topological polar surface area (TPSA) is 6.48 Å². The van der Waals surface area contributed by atoms with Crippen LogP contribution in [0.2, 0.25) is 0 Å². The maximum Gasteiger partial charge on any atom is 0.101 e. The lowest BCUT2D eigenvalue weighted by molar-refractivity contribution is 0.136. The van der Waals surface area contributed by atoms with Gasteiger partial charge in [-0.05, 0) is 25.7 Å². The second-order valence-corrected chi connectivity index (χ2v) is 12.5. The molecule has 0 spiro atoms. The van der Waals surface area contributed by atoms with E-state index in [1.807, 2.05) is 0 Å². The molecule has 38 heavy (non-hydrogen) atoms. The van der Waals surface area contributed by atoms with Crippen LogP contribution in [0.4, 0.5) is 0 Å². The van der Waals surface area contributed by atoms with Crippen molar-refractivity contribution in [1.82, 2.24) is 9.80 Å². The van der Waals surface area contributed by atoms with Crippen molar-refractivity contribution in [3.8, 4) is 0 Å². The molecule has 0 aliphatic carbocycles. The molecular formula is C36H72N2. The first-order chi connectivity index (χ1) is 18.8. The van der Waals surface area contributed by atoms with Crippen LogP contribution in [-0.2, 0) is 0 Å². The molecule has 1 aliphatic heterocycles. The molecule has 0 saturated heterocycles. The zero-order chi connectivity index (χ0) is 27.4. The Bertz CT molecular complexity index is 488. The molecule has 0 radical (unpaired) electrons. The van der Waals surface area contributed by atoms with Crippen molar-refractivity contribution in [3.05, 3.63) is 12.4 Å². The molecule has 0 fully saturated rings. The molecule has 1 unspecified atom stereocenters. The van der Waals surface area contributed by atoms with Crippen LogP contribution in [0.3, 0.4) is 0 Å². The zero-order valence-electron chi connectivity index (χ0n) is 26.8. The predicted octanol–water partition coefficient (Wildman–Crippen LogP) is 12.4. The van der Waals surface area contributed by atoms with Crippen LogP contribution >= 0.6 is 0 Å². The summed E-state index contributed by atoms with van der Waals surface area (Å²) in [5, 5.41) is 0. The van der Waals surface area contributed by atoms with Crippen molar-refractivity contribution in [3.63, 3.8) is 0 Å². The first kappa shape index (κ1) is 35.4. The molecule has 0 aromatic heterocycles. The van der Waals surface area contributed by atoms with Gasteiger partial charge in [-0.25, -0.2) is 0 Å². The van der Waals surface area contributed by atoms with Gasteiger partial charge in [-0.2, -0.15) is 0 Å². The fourth-order valence-electron chi connectivity index (χ4n) is 6.16. The van der Waals surface area contributed by atoms with Gasteiger partial charge in [0.15, 0.2) is 0 Å². The summed E-state index contributed by atoms with van der Waals surface area (Å²) in [7, 11) is 0. The van der Waals surface area contributed by atoms with Crippen molar-refractivity contribution in [1.29, 1.82) is 0 Å². The van der Waals surface area contributed by atoms with Crippen LogP contribution in [0.1, 0.15) is 201 Å². The summed E-state index contributed by atoms with van der Waals surface area (Å²) in [5.41, 5.74) is 0. The van der Waals surface area contributed by atoms with E-state index in [0.29, 0.717) is 6.17 Å². The van der Waals surface area contributed by atoms with Crippen molar-refractivity contribution >= 4 is 0 Å². The van der Waals surface area contributed by atoms with Crippen LogP contribution < -0.4 is 0 Å². The van der Waals surface area contributed by atoms with Crippen LogP contribution in [-0.4, -0.2) is 29.1 Å². The molecule has 2 heteroatoms. The molecule has 1 heterocycles. The lowest BCUT2D eigenvalue weighted by atomic mass is 10.0. The van der Waals surface area contributed by atoms with Crippen LogP contribution in [0, 0.1) is 0 Å². The predicted molar refractivity (Wildman–Crippen MR) is 173 cm³/mol. The Hall–Kier alpha value is -0.660. The monoisotopic (exact) mass is 533 g/mol. The van der Waals surface area contributed by atoms with Crippen molar-refractivity contribution < 1.29 is 0 Å². The van der Waals surface area contributed by atoms with Crippen molar-refractivity contribution in [2.75, 3.05) is 13.1 Å². The van der Waals surface area contributed by atoms with E-state index in [0.717, 1.165) is 0 Å². The molecule has 0 saturated carbocycles.